The number of nitrogens with two attached hydrogens (primary N) is 2. The third-order valence-electron chi connectivity index (χ3n) is 4.34. The van der Waals surface area contributed by atoms with Crippen LogP contribution in [0, 0.1) is 19.8 Å². The topological polar surface area (TPSA) is 103 Å². The van der Waals surface area contributed by atoms with Crippen LogP contribution in [0.25, 0.3) is 0 Å². The fraction of sp³-hybridized carbons (Fsp3) is 0.571. The molecule has 6 nitrogen and oxygen atoms in total. The first-order valence-electron chi connectivity index (χ1n) is 6.91. The summed E-state index contributed by atoms with van der Waals surface area (Å²) >= 11 is 0. The number of pyridine rings is 1. The molecule has 1 aromatic rings. The van der Waals surface area contributed by atoms with Crippen molar-refractivity contribution in [1.29, 1.82) is 0 Å². The minimum absolute atomic E-state index is 0.0294. The number of aryl methyl sites for hydroxylation is 2. The van der Waals surface area contributed by atoms with Gasteiger partial charge in [-0.25, -0.2) is 0 Å². The molecule has 2 heterocycles. The van der Waals surface area contributed by atoms with Crippen LogP contribution < -0.4 is 16.8 Å². The quantitative estimate of drug-likeness (QED) is 0.738. The fourth-order valence-electron chi connectivity index (χ4n) is 3.36. The maximum atomic E-state index is 11.6. The second-order valence-corrected chi connectivity index (χ2v) is 5.67. The van der Waals surface area contributed by atoms with Crippen molar-refractivity contribution in [2.24, 2.45) is 17.4 Å². The largest absolute Gasteiger partial charge is 0.377 e. The van der Waals surface area contributed by atoms with Gasteiger partial charge in [0, 0.05) is 24.3 Å². The number of carbonyl (C=O) groups is 1. The first-order chi connectivity index (χ1) is 9.49. The first-order valence-corrected chi connectivity index (χ1v) is 6.91. The molecule has 3 rings (SSSR count). The van der Waals surface area contributed by atoms with Crippen molar-refractivity contribution in [2.45, 2.75) is 38.5 Å². The lowest BCUT2D eigenvalue weighted by Gasteiger charge is -2.46. The zero-order valence-corrected chi connectivity index (χ0v) is 11.7. The summed E-state index contributed by atoms with van der Waals surface area (Å²) in [6.45, 7) is 4.44. The third-order valence-corrected chi connectivity index (χ3v) is 4.34. The molecule has 0 radical (unpaired) electrons. The fourth-order valence-corrected chi connectivity index (χ4v) is 3.36. The number of aromatic nitrogens is 1. The van der Waals surface area contributed by atoms with E-state index in [4.69, 9.17) is 16.2 Å². The molecule has 1 saturated heterocycles. The van der Waals surface area contributed by atoms with Crippen LogP contribution in [0.5, 0.6) is 0 Å². The molecule has 108 valence electrons. The summed E-state index contributed by atoms with van der Waals surface area (Å²) in [5.41, 5.74) is 14.3. The number of carbonyl (C=O) groups excluding carboxylic acids is 1. The molecule has 1 aromatic heterocycles. The van der Waals surface area contributed by atoms with Gasteiger partial charge in [-0.2, -0.15) is 0 Å². The van der Waals surface area contributed by atoms with Crippen molar-refractivity contribution < 1.29 is 9.53 Å². The van der Waals surface area contributed by atoms with E-state index in [1.165, 1.54) is 0 Å². The zero-order valence-electron chi connectivity index (χ0n) is 11.7. The van der Waals surface area contributed by atoms with Crippen molar-refractivity contribution >= 4 is 11.6 Å². The van der Waals surface area contributed by atoms with E-state index in [-0.39, 0.29) is 18.2 Å². The minimum Gasteiger partial charge on any atom is -0.377 e. The summed E-state index contributed by atoms with van der Waals surface area (Å²) in [7, 11) is 0. The highest BCUT2D eigenvalue weighted by atomic mass is 16.5. The molecule has 1 aliphatic heterocycles. The summed E-state index contributed by atoms with van der Waals surface area (Å²) in [5, 5.41) is 3.34. The van der Waals surface area contributed by atoms with Crippen LogP contribution >= 0.6 is 0 Å². The van der Waals surface area contributed by atoms with Crippen LogP contribution in [0.4, 0.5) is 5.69 Å². The third kappa shape index (κ3) is 1.96. The maximum Gasteiger partial charge on any atom is 0.252 e. The molecule has 0 aromatic carbocycles. The van der Waals surface area contributed by atoms with Crippen molar-refractivity contribution in [2.75, 3.05) is 11.9 Å². The smallest absolute Gasteiger partial charge is 0.252 e. The Labute approximate surface area is 117 Å². The summed E-state index contributed by atoms with van der Waals surface area (Å²) < 4.78 is 5.69. The standard InChI is InChI=1S/C14H20N4O2/c1-6-5-9(10(14(16)19)7(2)17-6)18-12-11(15)8-3-4-20-13(8)12/h5,8,11-13H,3-4,15H2,1-2H3,(H2,16,19)(H,17,18). The summed E-state index contributed by atoms with van der Waals surface area (Å²) in [5.74, 6) is -0.0529. The molecule has 6 heteroatoms. The molecule has 0 bridgehead atoms. The molecule has 5 N–H and O–H groups in total. The van der Waals surface area contributed by atoms with Gasteiger partial charge in [0.1, 0.15) is 0 Å². The normalized spacial score (nSPS) is 31.6. The average molecular weight is 276 g/mol. The SMILES string of the molecule is Cc1cc(NC2C(N)C3CCOC32)c(C(N)=O)c(C)n1. The Hall–Kier alpha value is -1.66. The highest BCUT2D eigenvalue weighted by Crippen LogP contribution is 2.39. The Kier molecular flexibility index (Phi) is 3.14. The van der Waals surface area contributed by atoms with Crippen LogP contribution in [0.15, 0.2) is 6.07 Å². The van der Waals surface area contributed by atoms with Crippen LogP contribution in [-0.2, 0) is 4.74 Å². The minimum atomic E-state index is -0.478. The van der Waals surface area contributed by atoms with E-state index in [1.54, 1.807) is 6.92 Å². The lowest BCUT2D eigenvalue weighted by Crippen LogP contribution is -2.65. The highest BCUT2D eigenvalue weighted by molar-refractivity contribution is 5.99. The predicted octanol–water partition coefficient (Wildman–Crippen LogP) is 0.324. The summed E-state index contributed by atoms with van der Waals surface area (Å²) in [6, 6.07) is 1.92. The number of rotatable bonds is 3. The second-order valence-electron chi connectivity index (χ2n) is 5.67. The monoisotopic (exact) mass is 276 g/mol. The Balaban J connectivity index is 1.89. The average Bonchev–Trinajstić information content (AvgIpc) is 2.79. The first kappa shape index (κ1) is 13.3. The molecule has 4 atom stereocenters. The van der Waals surface area contributed by atoms with E-state index in [0.717, 1.165) is 18.7 Å². The summed E-state index contributed by atoms with van der Waals surface area (Å²) in [6.07, 6.45) is 1.15. The van der Waals surface area contributed by atoms with E-state index < -0.39 is 5.91 Å². The number of hydrogen-bond acceptors (Lipinski definition) is 5. The Morgan fingerprint density at radius 2 is 2.25 bits per heavy atom. The summed E-state index contributed by atoms with van der Waals surface area (Å²) in [4.78, 5) is 15.9. The Bertz CT molecular complexity index is 560. The molecule has 1 saturated carbocycles. The lowest BCUT2D eigenvalue weighted by molar-refractivity contribution is 0.00534. The zero-order chi connectivity index (χ0) is 14.4. The molecule has 0 spiro atoms. The lowest BCUT2D eigenvalue weighted by atomic mass is 9.72. The molecule has 1 aliphatic carbocycles. The molecule has 2 fully saturated rings. The van der Waals surface area contributed by atoms with Gasteiger partial charge in [0.2, 0.25) is 0 Å². The number of amides is 1. The predicted molar refractivity (Wildman–Crippen MR) is 75.5 cm³/mol. The van der Waals surface area contributed by atoms with E-state index in [2.05, 4.69) is 10.3 Å². The molecule has 1 amide bonds. The molecule has 4 unspecified atom stereocenters. The number of fused-ring (bicyclic) bond motifs is 1. The number of ether oxygens (including phenoxy) is 1. The highest BCUT2D eigenvalue weighted by Gasteiger charge is 2.52. The molecular formula is C14H20N4O2. The van der Waals surface area contributed by atoms with Crippen LogP contribution in [0.1, 0.15) is 28.2 Å². The van der Waals surface area contributed by atoms with Gasteiger partial charge in [0.15, 0.2) is 0 Å². The van der Waals surface area contributed by atoms with Crippen molar-refractivity contribution in [3.63, 3.8) is 0 Å². The Morgan fingerprint density at radius 1 is 1.50 bits per heavy atom. The van der Waals surface area contributed by atoms with Gasteiger partial charge in [-0.1, -0.05) is 0 Å². The van der Waals surface area contributed by atoms with Gasteiger partial charge in [0.05, 0.1) is 29.1 Å². The van der Waals surface area contributed by atoms with Crippen molar-refractivity contribution in [1.82, 2.24) is 4.98 Å². The van der Waals surface area contributed by atoms with E-state index in [0.29, 0.717) is 22.9 Å². The molecule has 2 aliphatic rings. The number of nitrogens with zero attached hydrogens (tertiary/aromatic N) is 1. The number of primary amides is 1. The van der Waals surface area contributed by atoms with Crippen LogP contribution in [-0.4, -0.2) is 35.7 Å². The van der Waals surface area contributed by atoms with Gasteiger partial charge in [-0.15, -0.1) is 0 Å². The van der Waals surface area contributed by atoms with E-state index in [1.807, 2.05) is 13.0 Å². The van der Waals surface area contributed by atoms with Crippen LogP contribution in [0.2, 0.25) is 0 Å². The van der Waals surface area contributed by atoms with E-state index >= 15 is 0 Å². The van der Waals surface area contributed by atoms with E-state index in [9.17, 15) is 4.79 Å². The van der Waals surface area contributed by atoms with Crippen LogP contribution in [0.3, 0.4) is 0 Å². The van der Waals surface area contributed by atoms with Gasteiger partial charge in [-0.05, 0) is 26.3 Å². The number of hydrogen-bond donors (Lipinski definition) is 3. The van der Waals surface area contributed by atoms with Gasteiger partial charge >= 0.3 is 0 Å². The number of anilines is 1. The van der Waals surface area contributed by atoms with Gasteiger partial charge in [-0.3, -0.25) is 9.78 Å². The molecular weight excluding hydrogens is 256 g/mol. The molecule has 20 heavy (non-hydrogen) atoms. The number of nitrogens with one attached hydrogen (secondary N) is 1. The van der Waals surface area contributed by atoms with Gasteiger partial charge < -0.3 is 21.5 Å². The maximum absolute atomic E-state index is 11.6. The second kappa shape index (κ2) is 4.71. The van der Waals surface area contributed by atoms with Gasteiger partial charge in [0.25, 0.3) is 5.91 Å². The van der Waals surface area contributed by atoms with Crippen molar-refractivity contribution in [3.8, 4) is 0 Å². The Morgan fingerprint density at radius 3 is 2.95 bits per heavy atom. The van der Waals surface area contributed by atoms with Crippen molar-refractivity contribution in [3.05, 3.63) is 23.0 Å².